The molecule has 1 heterocycles. The number of carbonyl (C=O) groups is 1. The van der Waals surface area contributed by atoms with Gasteiger partial charge in [-0.05, 0) is 32.8 Å². The largest absolute Gasteiger partial charge is 0.355 e. The van der Waals surface area contributed by atoms with E-state index in [9.17, 15) is 4.79 Å². The molecule has 112 valence electrons. The van der Waals surface area contributed by atoms with Crippen molar-refractivity contribution in [3.05, 3.63) is 18.0 Å². The fourth-order valence-electron chi connectivity index (χ4n) is 2.70. The molecule has 0 spiro atoms. The number of carbonyl (C=O) groups excluding carboxylic acids is 1. The van der Waals surface area contributed by atoms with Gasteiger partial charge in [-0.3, -0.25) is 9.48 Å². The molecule has 0 radical (unpaired) electrons. The summed E-state index contributed by atoms with van der Waals surface area (Å²) in [5.41, 5.74) is 1.01. The van der Waals surface area contributed by atoms with Gasteiger partial charge < -0.3 is 10.6 Å². The highest BCUT2D eigenvalue weighted by Gasteiger charge is 2.16. The van der Waals surface area contributed by atoms with Crippen LogP contribution < -0.4 is 10.6 Å². The van der Waals surface area contributed by atoms with Crippen molar-refractivity contribution >= 4 is 5.91 Å². The van der Waals surface area contributed by atoms with E-state index in [1.807, 2.05) is 19.9 Å². The predicted octanol–water partition coefficient (Wildman–Crippen LogP) is 2.00. The first-order valence-corrected chi connectivity index (χ1v) is 7.76. The third kappa shape index (κ3) is 4.07. The molecule has 0 saturated heterocycles. The average Bonchev–Trinajstić information content (AvgIpc) is 2.95. The summed E-state index contributed by atoms with van der Waals surface area (Å²) in [6.07, 6.45) is 8.53. The van der Waals surface area contributed by atoms with Crippen LogP contribution in [0.25, 0.3) is 0 Å². The number of hydrogen-bond donors (Lipinski definition) is 2. The van der Waals surface area contributed by atoms with Gasteiger partial charge >= 0.3 is 0 Å². The molecule has 20 heavy (non-hydrogen) atoms. The van der Waals surface area contributed by atoms with E-state index in [1.54, 1.807) is 0 Å². The Morgan fingerprint density at radius 3 is 2.90 bits per heavy atom. The maximum atomic E-state index is 11.6. The molecule has 1 unspecified atom stereocenters. The van der Waals surface area contributed by atoms with Crippen LogP contribution in [0.15, 0.2) is 12.3 Å². The molecule has 1 saturated carbocycles. The van der Waals surface area contributed by atoms with Crippen LogP contribution in [0, 0.1) is 0 Å². The fourth-order valence-corrected chi connectivity index (χ4v) is 2.70. The minimum Gasteiger partial charge on any atom is -0.355 e. The van der Waals surface area contributed by atoms with E-state index in [0.717, 1.165) is 5.69 Å². The maximum Gasteiger partial charge on any atom is 0.236 e. The standard InChI is InChI=1S/C15H26N4O/c1-3-16-15(20)12(2)17-11-13-9-10-19(18-13)14-7-5-4-6-8-14/h9-10,12,14,17H,3-8,11H2,1-2H3,(H,16,20). The average molecular weight is 278 g/mol. The number of aromatic nitrogens is 2. The number of amides is 1. The van der Waals surface area contributed by atoms with Crippen LogP contribution in [-0.4, -0.2) is 28.3 Å². The molecule has 1 aromatic heterocycles. The Balaban J connectivity index is 1.81. The fraction of sp³-hybridized carbons (Fsp3) is 0.733. The van der Waals surface area contributed by atoms with Crippen LogP contribution in [-0.2, 0) is 11.3 Å². The van der Waals surface area contributed by atoms with Crippen LogP contribution >= 0.6 is 0 Å². The maximum absolute atomic E-state index is 11.6. The number of likely N-dealkylation sites (N-methyl/N-ethyl adjacent to an activating group) is 1. The first-order chi connectivity index (χ1) is 9.70. The van der Waals surface area contributed by atoms with Gasteiger partial charge in [0.15, 0.2) is 0 Å². The quantitative estimate of drug-likeness (QED) is 0.837. The summed E-state index contributed by atoms with van der Waals surface area (Å²) in [7, 11) is 0. The highest BCUT2D eigenvalue weighted by molar-refractivity contribution is 5.81. The number of nitrogens with one attached hydrogen (secondary N) is 2. The number of rotatable bonds is 6. The topological polar surface area (TPSA) is 59.0 Å². The van der Waals surface area contributed by atoms with Crippen molar-refractivity contribution in [2.45, 2.75) is 64.6 Å². The molecule has 5 nitrogen and oxygen atoms in total. The predicted molar refractivity (Wildman–Crippen MR) is 79.3 cm³/mol. The lowest BCUT2D eigenvalue weighted by molar-refractivity contribution is -0.122. The highest BCUT2D eigenvalue weighted by Crippen LogP contribution is 2.27. The van der Waals surface area contributed by atoms with Crippen LogP contribution in [0.2, 0.25) is 0 Å². The molecular formula is C15H26N4O. The van der Waals surface area contributed by atoms with E-state index in [0.29, 0.717) is 19.1 Å². The lowest BCUT2D eigenvalue weighted by Crippen LogP contribution is -2.41. The Hall–Kier alpha value is -1.36. The van der Waals surface area contributed by atoms with Crippen LogP contribution in [0.5, 0.6) is 0 Å². The van der Waals surface area contributed by atoms with Gasteiger partial charge in [0.1, 0.15) is 0 Å². The number of nitrogens with zero attached hydrogens (tertiary/aromatic N) is 2. The summed E-state index contributed by atoms with van der Waals surface area (Å²) in [5, 5.41) is 10.7. The zero-order chi connectivity index (χ0) is 14.4. The van der Waals surface area contributed by atoms with E-state index < -0.39 is 0 Å². The molecule has 0 aliphatic heterocycles. The summed E-state index contributed by atoms with van der Waals surface area (Å²) in [4.78, 5) is 11.6. The molecule has 1 aliphatic carbocycles. The SMILES string of the molecule is CCNC(=O)C(C)NCc1ccn(C2CCCCC2)n1. The second-order valence-corrected chi connectivity index (χ2v) is 5.58. The molecule has 1 aliphatic rings. The Kier molecular flexibility index (Phi) is 5.59. The van der Waals surface area contributed by atoms with Crippen molar-refractivity contribution in [2.24, 2.45) is 0 Å². The first kappa shape index (κ1) is 15.0. The van der Waals surface area contributed by atoms with E-state index in [-0.39, 0.29) is 11.9 Å². The van der Waals surface area contributed by atoms with Gasteiger partial charge in [-0.2, -0.15) is 5.10 Å². The van der Waals surface area contributed by atoms with Gasteiger partial charge in [0.05, 0.1) is 17.8 Å². The van der Waals surface area contributed by atoms with Gasteiger partial charge in [0, 0.05) is 19.3 Å². The summed E-state index contributed by atoms with van der Waals surface area (Å²) in [5.74, 6) is 0.0409. The van der Waals surface area contributed by atoms with Crippen molar-refractivity contribution in [1.82, 2.24) is 20.4 Å². The zero-order valence-corrected chi connectivity index (χ0v) is 12.6. The molecule has 2 rings (SSSR count). The number of hydrogen-bond acceptors (Lipinski definition) is 3. The van der Waals surface area contributed by atoms with Crippen molar-refractivity contribution in [2.75, 3.05) is 6.54 Å². The second kappa shape index (κ2) is 7.43. The van der Waals surface area contributed by atoms with Gasteiger partial charge in [0.25, 0.3) is 0 Å². The summed E-state index contributed by atoms with van der Waals surface area (Å²) in [6.45, 7) is 5.11. The molecule has 5 heteroatoms. The van der Waals surface area contributed by atoms with Crippen LogP contribution in [0.1, 0.15) is 57.7 Å². The van der Waals surface area contributed by atoms with Crippen LogP contribution in [0.4, 0.5) is 0 Å². The third-order valence-corrected chi connectivity index (χ3v) is 3.95. The van der Waals surface area contributed by atoms with Crippen molar-refractivity contribution in [3.8, 4) is 0 Å². The van der Waals surface area contributed by atoms with Crippen LogP contribution in [0.3, 0.4) is 0 Å². The second-order valence-electron chi connectivity index (χ2n) is 5.58. The normalized spacial score (nSPS) is 17.9. The van der Waals surface area contributed by atoms with E-state index in [1.165, 1.54) is 32.1 Å². The molecule has 0 bridgehead atoms. The Bertz CT molecular complexity index is 423. The molecule has 1 fully saturated rings. The van der Waals surface area contributed by atoms with E-state index in [2.05, 4.69) is 26.6 Å². The summed E-state index contributed by atoms with van der Waals surface area (Å²) in [6, 6.07) is 2.43. The third-order valence-electron chi connectivity index (χ3n) is 3.95. The summed E-state index contributed by atoms with van der Waals surface area (Å²) < 4.78 is 2.10. The molecular weight excluding hydrogens is 252 g/mol. The van der Waals surface area contributed by atoms with E-state index in [4.69, 9.17) is 0 Å². The lowest BCUT2D eigenvalue weighted by atomic mass is 9.96. The molecule has 1 atom stereocenters. The molecule has 1 aromatic rings. The minimum atomic E-state index is -0.185. The molecule has 2 N–H and O–H groups in total. The van der Waals surface area contributed by atoms with Gasteiger partial charge in [-0.1, -0.05) is 19.3 Å². The molecule has 1 amide bonds. The Labute approximate surface area is 121 Å². The van der Waals surface area contributed by atoms with Crippen molar-refractivity contribution in [3.63, 3.8) is 0 Å². The highest BCUT2D eigenvalue weighted by atomic mass is 16.2. The Morgan fingerprint density at radius 1 is 1.45 bits per heavy atom. The lowest BCUT2D eigenvalue weighted by Gasteiger charge is -2.21. The van der Waals surface area contributed by atoms with Gasteiger partial charge in [0.2, 0.25) is 5.91 Å². The first-order valence-electron chi connectivity index (χ1n) is 7.76. The van der Waals surface area contributed by atoms with Gasteiger partial charge in [-0.25, -0.2) is 0 Å². The van der Waals surface area contributed by atoms with E-state index >= 15 is 0 Å². The Morgan fingerprint density at radius 2 is 2.20 bits per heavy atom. The smallest absolute Gasteiger partial charge is 0.236 e. The summed E-state index contributed by atoms with van der Waals surface area (Å²) >= 11 is 0. The minimum absolute atomic E-state index is 0.0409. The van der Waals surface area contributed by atoms with Gasteiger partial charge in [-0.15, -0.1) is 0 Å². The van der Waals surface area contributed by atoms with Crippen molar-refractivity contribution in [1.29, 1.82) is 0 Å². The molecule has 0 aromatic carbocycles. The monoisotopic (exact) mass is 278 g/mol. The zero-order valence-electron chi connectivity index (χ0n) is 12.6. The van der Waals surface area contributed by atoms with Crippen molar-refractivity contribution < 1.29 is 4.79 Å².